The minimum atomic E-state index is 0.409. The monoisotopic (exact) mass is 351 g/mol. The maximum Gasteiger partial charge on any atom is 0.0203 e. The summed E-state index contributed by atoms with van der Waals surface area (Å²) in [7, 11) is 0. The predicted molar refractivity (Wildman–Crippen MR) is 95.9 cm³/mol. The van der Waals surface area contributed by atoms with Crippen LogP contribution in [0, 0.1) is 0 Å². The first kappa shape index (κ1) is 17.0. The van der Waals surface area contributed by atoms with Crippen LogP contribution in [0.3, 0.4) is 0 Å². The molecule has 0 atom stereocenters. The molecule has 1 aliphatic rings. The van der Waals surface area contributed by atoms with E-state index in [-0.39, 0.29) is 0 Å². The van der Waals surface area contributed by atoms with Crippen LogP contribution < -0.4 is 5.32 Å². The van der Waals surface area contributed by atoms with Gasteiger partial charge in [0.15, 0.2) is 0 Å². The summed E-state index contributed by atoms with van der Waals surface area (Å²) in [6, 6.07) is 8.91. The fraction of sp³-hybridized carbons (Fsp3) is 0.684. The number of benzene rings is 1. The van der Waals surface area contributed by atoms with Crippen molar-refractivity contribution in [3.05, 3.63) is 34.3 Å². The molecular formula is C19H30BrN. The average molecular weight is 352 g/mol. The molecule has 1 aliphatic heterocycles. The first-order valence-corrected chi connectivity index (χ1v) is 9.53. The van der Waals surface area contributed by atoms with Gasteiger partial charge in [-0.2, -0.15) is 0 Å². The summed E-state index contributed by atoms with van der Waals surface area (Å²) in [6.45, 7) is 4.59. The average Bonchev–Trinajstić information content (AvgIpc) is 2.44. The van der Waals surface area contributed by atoms with Crippen LogP contribution in [0.2, 0.25) is 0 Å². The van der Waals surface area contributed by atoms with Gasteiger partial charge in [0.25, 0.3) is 0 Å². The molecule has 1 fully saturated rings. The van der Waals surface area contributed by atoms with Gasteiger partial charge in [-0.05, 0) is 24.1 Å². The summed E-state index contributed by atoms with van der Waals surface area (Å²) in [5.74, 6) is 0. The Kier molecular flexibility index (Phi) is 7.25. The molecule has 0 amide bonds. The van der Waals surface area contributed by atoms with Crippen LogP contribution in [0.15, 0.2) is 28.7 Å². The second kappa shape index (κ2) is 8.95. The van der Waals surface area contributed by atoms with E-state index >= 15 is 0 Å². The lowest BCUT2D eigenvalue weighted by molar-refractivity contribution is 0.249. The van der Waals surface area contributed by atoms with E-state index in [2.05, 4.69) is 52.4 Å². The Morgan fingerprint density at radius 1 is 1.00 bits per heavy atom. The number of halogens is 1. The fourth-order valence-electron chi connectivity index (χ4n) is 3.37. The first-order chi connectivity index (χ1) is 10.3. The van der Waals surface area contributed by atoms with Gasteiger partial charge in [-0.25, -0.2) is 0 Å². The van der Waals surface area contributed by atoms with Crippen molar-refractivity contribution in [3.63, 3.8) is 0 Å². The third-order valence-electron chi connectivity index (χ3n) is 4.87. The van der Waals surface area contributed by atoms with Crippen LogP contribution in [0.4, 0.5) is 0 Å². The zero-order chi connectivity index (χ0) is 15.0. The largest absolute Gasteiger partial charge is 0.315 e. The standard InChI is InChI=1S/C19H30BrN/c1-2-3-4-5-6-7-8-9-13-19(15-21-16-19)17-11-10-12-18(20)14-17/h10-12,14,21H,2-9,13,15-16H2,1H3. The van der Waals surface area contributed by atoms with Crippen molar-refractivity contribution in [2.75, 3.05) is 13.1 Å². The molecule has 0 aliphatic carbocycles. The molecule has 0 radical (unpaired) electrons. The van der Waals surface area contributed by atoms with Crippen molar-refractivity contribution in [1.29, 1.82) is 0 Å². The van der Waals surface area contributed by atoms with Gasteiger partial charge in [-0.1, -0.05) is 86.4 Å². The van der Waals surface area contributed by atoms with Crippen LogP contribution in [-0.4, -0.2) is 13.1 Å². The zero-order valence-corrected chi connectivity index (χ0v) is 15.1. The molecule has 1 aromatic rings. The maximum absolute atomic E-state index is 3.61. The predicted octanol–water partition coefficient (Wildman–Crippen LogP) is 5.82. The minimum Gasteiger partial charge on any atom is -0.315 e. The van der Waals surface area contributed by atoms with Crippen LogP contribution in [0.1, 0.15) is 70.3 Å². The van der Waals surface area contributed by atoms with E-state index in [9.17, 15) is 0 Å². The number of rotatable bonds is 10. The number of hydrogen-bond donors (Lipinski definition) is 1. The molecule has 2 rings (SSSR count). The van der Waals surface area contributed by atoms with Crippen LogP contribution in [-0.2, 0) is 5.41 Å². The van der Waals surface area contributed by atoms with E-state index in [0.29, 0.717) is 5.41 Å². The minimum absolute atomic E-state index is 0.409. The Morgan fingerprint density at radius 3 is 2.24 bits per heavy atom. The highest BCUT2D eigenvalue weighted by atomic mass is 79.9. The molecular weight excluding hydrogens is 322 g/mol. The molecule has 0 unspecified atom stereocenters. The number of nitrogens with one attached hydrogen (secondary N) is 1. The summed E-state index contributed by atoms with van der Waals surface area (Å²) >= 11 is 3.61. The molecule has 1 saturated heterocycles. The fourth-order valence-corrected chi connectivity index (χ4v) is 3.77. The molecule has 1 nitrogen and oxygen atoms in total. The SMILES string of the molecule is CCCCCCCCCCC1(c2cccc(Br)c2)CNC1. The Hall–Kier alpha value is -0.340. The number of hydrogen-bond acceptors (Lipinski definition) is 1. The lowest BCUT2D eigenvalue weighted by atomic mass is 9.71. The summed E-state index contributed by atoms with van der Waals surface area (Å²) in [6.07, 6.45) is 12.6. The Balaban J connectivity index is 1.68. The van der Waals surface area contributed by atoms with Crippen molar-refractivity contribution < 1.29 is 0 Å². The number of unbranched alkanes of at least 4 members (excludes halogenated alkanes) is 7. The molecule has 1 N–H and O–H groups in total. The Morgan fingerprint density at radius 2 is 1.67 bits per heavy atom. The lowest BCUT2D eigenvalue weighted by Gasteiger charge is -2.43. The molecule has 21 heavy (non-hydrogen) atoms. The van der Waals surface area contributed by atoms with Gasteiger partial charge in [0.05, 0.1) is 0 Å². The molecule has 0 bridgehead atoms. The maximum atomic E-state index is 3.61. The van der Waals surface area contributed by atoms with Crippen LogP contribution >= 0.6 is 15.9 Å². The van der Waals surface area contributed by atoms with Crippen molar-refractivity contribution in [2.24, 2.45) is 0 Å². The van der Waals surface area contributed by atoms with Gasteiger partial charge in [-0.3, -0.25) is 0 Å². The molecule has 1 aromatic carbocycles. The summed E-state index contributed by atoms with van der Waals surface area (Å²) in [5.41, 5.74) is 1.92. The summed E-state index contributed by atoms with van der Waals surface area (Å²) < 4.78 is 1.21. The third kappa shape index (κ3) is 5.10. The first-order valence-electron chi connectivity index (χ1n) is 8.74. The normalized spacial score (nSPS) is 16.7. The second-order valence-electron chi connectivity index (χ2n) is 6.62. The van der Waals surface area contributed by atoms with E-state index < -0.39 is 0 Å². The van der Waals surface area contributed by atoms with Gasteiger partial charge in [-0.15, -0.1) is 0 Å². The highest BCUT2D eigenvalue weighted by molar-refractivity contribution is 9.10. The quantitative estimate of drug-likeness (QED) is 0.523. The van der Waals surface area contributed by atoms with Crippen molar-refractivity contribution in [2.45, 2.75) is 70.1 Å². The van der Waals surface area contributed by atoms with Crippen LogP contribution in [0.5, 0.6) is 0 Å². The summed E-state index contributed by atoms with van der Waals surface area (Å²) in [5, 5.41) is 3.48. The van der Waals surface area contributed by atoms with Gasteiger partial charge >= 0.3 is 0 Å². The van der Waals surface area contributed by atoms with Gasteiger partial charge in [0, 0.05) is 23.0 Å². The van der Waals surface area contributed by atoms with E-state index in [1.54, 1.807) is 0 Å². The van der Waals surface area contributed by atoms with E-state index in [4.69, 9.17) is 0 Å². The molecule has 0 spiro atoms. The van der Waals surface area contributed by atoms with Gasteiger partial charge in [0.1, 0.15) is 0 Å². The molecule has 1 heterocycles. The van der Waals surface area contributed by atoms with E-state index in [0.717, 1.165) is 13.1 Å². The van der Waals surface area contributed by atoms with Gasteiger partial charge in [0.2, 0.25) is 0 Å². The van der Waals surface area contributed by atoms with Crippen LogP contribution in [0.25, 0.3) is 0 Å². The molecule has 0 saturated carbocycles. The molecule has 0 aromatic heterocycles. The highest BCUT2D eigenvalue weighted by Crippen LogP contribution is 2.35. The van der Waals surface area contributed by atoms with Crippen molar-refractivity contribution >= 4 is 15.9 Å². The topological polar surface area (TPSA) is 12.0 Å². The molecule has 118 valence electrons. The second-order valence-corrected chi connectivity index (χ2v) is 7.53. The van der Waals surface area contributed by atoms with E-state index in [1.165, 1.54) is 67.8 Å². The molecule has 2 heteroatoms. The highest BCUT2D eigenvalue weighted by Gasteiger charge is 2.37. The zero-order valence-electron chi connectivity index (χ0n) is 13.5. The Labute approximate surface area is 139 Å². The van der Waals surface area contributed by atoms with E-state index in [1.807, 2.05) is 0 Å². The van der Waals surface area contributed by atoms with Crippen molar-refractivity contribution in [1.82, 2.24) is 5.32 Å². The third-order valence-corrected chi connectivity index (χ3v) is 5.37. The Bertz CT molecular complexity index is 412. The van der Waals surface area contributed by atoms with Crippen molar-refractivity contribution in [3.8, 4) is 0 Å². The van der Waals surface area contributed by atoms with Gasteiger partial charge < -0.3 is 5.32 Å². The lowest BCUT2D eigenvalue weighted by Crippen LogP contribution is -2.56. The smallest absolute Gasteiger partial charge is 0.0203 e. The summed E-state index contributed by atoms with van der Waals surface area (Å²) in [4.78, 5) is 0.